The number of anilines is 1. The van der Waals surface area contributed by atoms with E-state index >= 15 is 0 Å². The van der Waals surface area contributed by atoms with Crippen LogP contribution in [0.25, 0.3) is 0 Å². The fourth-order valence-electron chi connectivity index (χ4n) is 2.64. The van der Waals surface area contributed by atoms with E-state index in [-0.39, 0.29) is 17.9 Å². The molecular weight excluding hydrogens is 279 g/mol. The first kappa shape index (κ1) is 13.9. The van der Waals surface area contributed by atoms with Crippen molar-refractivity contribution in [2.45, 2.75) is 24.7 Å². The van der Waals surface area contributed by atoms with Gasteiger partial charge in [0, 0.05) is 6.04 Å². The summed E-state index contributed by atoms with van der Waals surface area (Å²) >= 11 is 0. The van der Waals surface area contributed by atoms with Crippen LogP contribution in [0.15, 0.2) is 42.5 Å². The Hall–Kier alpha value is -2.08. The summed E-state index contributed by atoms with van der Waals surface area (Å²) < 4.78 is 38.0. The molecule has 2 unspecified atom stereocenters. The van der Waals surface area contributed by atoms with Gasteiger partial charge in [-0.25, -0.2) is 4.98 Å². The Bertz CT molecular complexity index is 655. The lowest BCUT2D eigenvalue weighted by atomic mass is 10.1. The van der Waals surface area contributed by atoms with Gasteiger partial charge in [0.1, 0.15) is 11.5 Å². The van der Waals surface area contributed by atoms with Gasteiger partial charge in [0.05, 0.1) is 6.04 Å². The number of halogens is 3. The zero-order valence-corrected chi connectivity index (χ0v) is 11.1. The summed E-state index contributed by atoms with van der Waals surface area (Å²) in [7, 11) is 0. The van der Waals surface area contributed by atoms with Crippen molar-refractivity contribution in [3.05, 3.63) is 59.3 Å². The van der Waals surface area contributed by atoms with Crippen molar-refractivity contribution in [3.63, 3.8) is 0 Å². The van der Waals surface area contributed by atoms with Crippen molar-refractivity contribution in [1.82, 2.24) is 4.98 Å². The van der Waals surface area contributed by atoms with Gasteiger partial charge in [-0.15, -0.1) is 0 Å². The molecule has 0 fully saturated rings. The lowest BCUT2D eigenvalue weighted by Crippen LogP contribution is -2.30. The fraction of sp³-hybridized carbons (Fsp3) is 0.267. The standard InChI is InChI=1S/C15H14F3N3/c16-15(17,18)12-6-3-7-13(20-12)21-14-10-5-2-1-4-9(10)8-11(14)19/h1-7,11,14H,8,19H2,(H,20,21). The Labute approximate surface area is 120 Å². The highest BCUT2D eigenvalue weighted by Crippen LogP contribution is 2.33. The predicted molar refractivity (Wildman–Crippen MR) is 73.7 cm³/mol. The average Bonchev–Trinajstić information content (AvgIpc) is 2.75. The van der Waals surface area contributed by atoms with Crippen LogP contribution in [0.1, 0.15) is 22.9 Å². The van der Waals surface area contributed by atoms with Crippen LogP contribution >= 0.6 is 0 Å². The number of hydrogen-bond donors (Lipinski definition) is 2. The van der Waals surface area contributed by atoms with Crippen LogP contribution in [0, 0.1) is 0 Å². The summed E-state index contributed by atoms with van der Waals surface area (Å²) in [5, 5.41) is 3.02. The molecule has 0 bridgehead atoms. The van der Waals surface area contributed by atoms with Crippen LogP contribution in [0.3, 0.4) is 0 Å². The summed E-state index contributed by atoms with van der Waals surface area (Å²) in [6.45, 7) is 0. The maximum Gasteiger partial charge on any atom is 0.433 e. The molecule has 2 aromatic rings. The molecule has 0 aliphatic heterocycles. The lowest BCUT2D eigenvalue weighted by molar-refractivity contribution is -0.141. The molecule has 0 amide bonds. The molecule has 1 aliphatic rings. The van der Waals surface area contributed by atoms with Crippen molar-refractivity contribution < 1.29 is 13.2 Å². The Kier molecular flexibility index (Phi) is 3.33. The zero-order chi connectivity index (χ0) is 15.0. The molecule has 6 heteroatoms. The van der Waals surface area contributed by atoms with Crippen LogP contribution in [0.5, 0.6) is 0 Å². The van der Waals surface area contributed by atoms with Gasteiger partial charge in [-0.2, -0.15) is 13.2 Å². The third kappa shape index (κ3) is 2.71. The first-order valence-electron chi connectivity index (χ1n) is 6.59. The largest absolute Gasteiger partial charge is 0.433 e. The second-order valence-electron chi connectivity index (χ2n) is 5.09. The van der Waals surface area contributed by atoms with Gasteiger partial charge in [0.15, 0.2) is 0 Å². The van der Waals surface area contributed by atoms with Crippen molar-refractivity contribution in [3.8, 4) is 0 Å². The van der Waals surface area contributed by atoms with E-state index in [2.05, 4.69) is 10.3 Å². The lowest BCUT2D eigenvalue weighted by Gasteiger charge is -2.20. The molecule has 1 aromatic carbocycles. The van der Waals surface area contributed by atoms with Gasteiger partial charge in [-0.1, -0.05) is 30.3 Å². The normalized spacial score (nSPS) is 21.1. The molecule has 1 heterocycles. The van der Waals surface area contributed by atoms with Crippen LogP contribution in [0.4, 0.5) is 19.0 Å². The van der Waals surface area contributed by atoms with Gasteiger partial charge in [-0.05, 0) is 29.7 Å². The van der Waals surface area contributed by atoms with Gasteiger partial charge >= 0.3 is 6.18 Å². The minimum absolute atomic E-state index is 0.182. The molecule has 0 saturated heterocycles. The smallest absolute Gasteiger partial charge is 0.362 e. The number of nitrogens with one attached hydrogen (secondary N) is 1. The van der Waals surface area contributed by atoms with Gasteiger partial charge in [0.25, 0.3) is 0 Å². The van der Waals surface area contributed by atoms with Crippen LogP contribution < -0.4 is 11.1 Å². The number of nitrogens with zero attached hydrogens (tertiary/aromatic N) is 1. The van der Waals surface area contributed by atoms with Crippen LogP contribution in [0.2, 0.25) is 0 Å². The SMILES string of the molecule is NC1Cc2ccccc2C1Nc1cccc(C(F)(F)F)n1. The first-order valence-corrected chi connectivity index (χ1v) is 6.59. The monoisotopic (exact) mass is 293 g/mol. The number of alkyl halides is 3. The van der Waals surface area contributed by atoms with E-state index in [9.17, 15) is 13.2 Å². The molecule has 0 saturated carbocycles. The van der Waals surface area contributed by atoms with Crippen molar-refractivity contribution in [2.24, 2.45) is 5.73 Å². The van der Waals surface area contributed by atoms with E-state index in [0.29, 0.717) is 6.42 Å². The summed E-state index contributed by atoms with van der Waals surface area (Å²) in [6, 6.07) is 11.1. The molecular formula is C15H14F3N3. The molecule has 1 aliphatic carbocycles. The number of fused-ring (bicyclic) bond motifs is 1. The predicted octanol–water partition coefficient (Wildman–Crippen LogP) is 3.14. The number of aromatic nitrogens is 1. The van der Waals surface area contributed by atoms with E-state index in [0.717, 1.165) is 17.2 Å². The second-order valence-corrected chi connectivity index (χ2v) is 5.09. The third-order valence-electron chi connectivity index (χ3n) is 3.62. The van der Waals surface area contributed by atoms with Crippen LogP contribution in [-0.4, -0.2) is 11.0 Å². The third-order valence-corrected chi connectivity index (χ3v) is 3.62. The summed E-state index contributed by atoms with van der Waals surface area (Å²) in [6.07, 6.45) is -3.75. The molecule has 110 valence electrons. The summed E-state index contributed by atoms with van der Waals surface area (Å²) in [4.78, 5) is 3.62. The number of benzene rings is 1. The van der Waals surface area contributed by atoms with E-state index in [1.165, 1.54) is 12.1 Å². The van der Waals surface area contributed by atoms with E-state index < -0.39 is 11.9 Å². The maximum atomic E-state index is 12.7. The molecule has 2 atom stereocenters. The number of rotatable bonds is 2. The Morgan fingerprint density at radius 3 is 2.62 bits per heavy atom. The minimum atomic E-state index is -4.45. The van der Waals surface area contributed by atoms with Crippen molar-refractivity contribution in [2.75, 3.05) is 5.32 Å². The fourth-order valence-corrected chi connectivity index (χ4v) is 2.64. The summed E-state index contributed by atoms with van der Waals surface area (Å²) in [5.41, 5.74) is 7.32. The maximum absolute atomic E-state index is 12.7. The van der Waals surface area contributed by atoms with E-state index in [1.54, 1.807) is 0 Å². The second kappa shape index (κ2) is 5.04. The molecule has 3 N–H and O–H groups in total. The quantitative estimate of drug-likeness (QED) is 0.894. The van der Waals surface area contributed by atoms with Crippen molar-refractivity contribution in [1.29, 1.82) is 0 Å². The first-order chi connectivity index (χ1) is 9.95. The van der Waals surface area contributed by atoms with Gasteiger partial charge < -0.3 is 11.1 Å². The molecule has 1 aromatic heterocycles. The van der Waals surface area contributed by atoms with E-state index in [4.69, 9.17) is 5.73 Å². The number of nitrogens with two attached hydrogens (primary N) is 1. The molecule has 0 spiro atoms. The summed E-state index contributed by atoms with van der Waals surface area (Å²) in [5.74, 6) is 0.182. The molecule has 3 rings (SSSR count). The Morgan fingerprint density at radius 2 is 1.86 bits per heavy atom. The van der Waals surface area contributed by atoms with Crippen molar-refractivity contribution >= 4 is 5.82 Å². The van der Waals surface area contributed by atoms with Gasteiger partial charge in [-0.3, -0.25) is 0 Å². The zero-order valence-electron chi connectivity index (χ0n) is 11.1. The average molecular weight is 293 g/mol. The highest BCUT2D eigenvalue weighted by atomic mass is 19.4. The Balaban J connectivity index is 1.88. The molecule has 0 radical (unpaired) electrons. The number of hydrogen-bond acceptors (Lipinski definition) is 3. The molecule has 21 heavy (non-hydrogen) atoms. The van der Waals surface area contributed by atoms with Crippen LogP contribution in [-0.2, 0) is 12.6 Å². The number of pyridine rings is 1. The van der Waals surface area contributed by atoms with E-state index in [1.807, 2.05) is 24.3 Å². The highest BCUT2D eigenvalue weighted by Gasteiger charge is 2.33. The molecule has 3 nitrogen and oxygen atoms in total. The Morgan fingerprint density at radius 1 is 1.10 bits per heavy atom. The van der Waals surface area contributed by atoms with Gasteiger partial charge in [0.2, 0.25) is 0 Å². The highest BCUT2D eigenvalue weighted by molar-refractivity contribution is 5.46. The minimum Gasteiger partial charge on any atom is -0.362 e. The topological polar surface area (TPSA) is 50.9 Å².